The molecule has 5 nitrogen and oxygen atoms in total. The van der Waals surface area contributed by atoms with Gasteiger partial charge in [0, 0.05) is 21.4 Å². The third kappa shape index (κ3) is 5.45. The van der Waals surface area contributed by atoms with E-state index in [1.54, 1.807) is 22.5 Å². The van der Waals surface area contributed by atoms with E-state index in [1.807, 2.05) is 46.0 Å². The molecule has 3 rings (SSSR count). The second-order valence-corrected chi connectivity index (χ2v) is 9.54. The van der Waals surface area contributed by atoms with Gasteiger partial charge in [-0.3, -0.25) is 0 Å². The Hall–Kier alpha value is -2.94. The number of halogens is 3. The summed E-state index contributed by atoms with van der Waals surface area (Å²) in [6, 6.07) is 10.4. The summed E-state index contributed by atoms with van der Waals surface area (Å²) in [5.74, 6) is -0.523. The molecule has 0 aliphatic rings. The first-order valence-corrected chi connectivity index (χ1v) is 10.6. The quantitative estimate of drug-likeness (QED) is 0.435. The molecule has 0 saturated carbocycles. The van der Waals surface area contributed by atoms with E-state index in [0.717, 1.165) is 33.8 Å². The Morgan fingerprint density at radius 3 is 2.34 bits per heavy atom. The maximum Gasteiger partial charge on any atom is 0.416 e. The van der Waals surface area contributed by atoms with Crippen molar-refractivity contribution in [1.82, 2.24) is 9.78 Å². The van der Waals surface area contributed by atoms with Crippen molar-refractivity contribution in [2.45, 2.75) is 43.5 Å². The highest BCUT2D eigenvalue weighted by Crippen LogP contribution is 2.43. The van der Waals surface area contributed by atoms with Crippen LogP contribution in [-0.4, -0.2) is 27.5 Å². The van der Waals surface area contributed by atoms with Crippen LogP contribution in [0, 0.1) is 13.8 Å². The summed E-state index contributed by atoms with van der Waals surface area (Å²) in [6.45, 7) is 7.40. The Bertz CT molecular complexity index is 1120. The highest BCUT2D eigenvalue weighted by Gasteiger charge is 2.30. The summed E-state index contributed by atoms with van der Waals surface area (Å²) < 4.78 is 45.0. The van der Waals surface area contributed by atoms with Crippen LogP contribution in [0.1, 0.15) is 36.2 Å². The average Bonchev–Trinajstić information content (AvgIpc) is 3.09. The largest absolute Gasteiger partial charge is 0.482 e. The number of ether oxygens (including phenoxy) is 1. The lowest BCUT2D eigenvalue weighted by Crippen LogP contribution is -2.13. The molecule has 32 heavy (non-hydrogen) atoms. The smallest absolute Gasteiger partial charge is 0.416 e. The van der Waals surface area contributed by atoms with Crippen LogP contribution in [0.3, 0.4) is 0 Å². The van der Waals surface area contributed by atoms with E-state index < -0.39 is 24.3 Å². The van der Waals surface area contributed by atoms with E-state index in [-0.39, 0.29) is 4.75 Å². The van der Waals surface area contributed by atoms with Gasteiger partial charge < -0.3 is 9.84 Å². The minimum atomic E-state index is -4.38. The third-order valence-corrected chi connectivity index (χ3v) is 6.10. The topological polar surface area (TPSA) is 64.4 Å². The molecule has 1 aromatic heterocycles. The van der Waals surface area contributed by atoms with Gasteiger partial charge >= 0.3 is 12.1 Å². The normalized spacial score (nSPS) is 12.1. The number of nitrogens with zero attached hydrogens (tertiary/aromatic N) is 2. The van der Waals surface area contributed by atoms with E-state index in [1.165, 1.54) is 12.1 Å². The zero-order valence-corrected chi connectivity index (χ0v) is 18.8. The molecule has 0 amide bonds. The molecular weight excluding hydrogens is 441 g/mol. The SMILES string of the molecule is Cc1cc(SC(C)(C)c2cn(-c3ccc(C(F)(F)F)cc3)nc2C)ccc1OCC(=O)O. The lowest BCUT2D eigenvalue weighted by molar-refractivity contribution is -0.139. The summed E-state index contributed by atoms with van der Waals surface area (Å²) in [6.07, 6.45) is -2.54. The van der Waals surface area contributed by atoms with Gasteiger partial charge in [0.2, 0.25) is 0 Å². The molecule has 0 atom stereocenters. The molecule has 0 radical (unpaired) electrons. The van der Waals surface area contributed by atoms with Crippen LogP contribution in [0.2, 0.25) is 0 Å². The Labute approximate surface area is 188 Å². The summed E-state index contributed by atoms with van der Waals surface area (Å²) in [7, 11) is 0. The van der Waals surface area contributed by atoms with Gasteiger partial charge in [-0.1, -0.05) is 0 Å². The number of hydrogen-bond acceptors (Lipinski definition) is 4. The molecule has 170 valence electrons. The fourth-order valence-electron chi connectivity index (χ4n) is 3.32. The first-order chi connectivity index (χ1) is 14.9. The van der Waals surface area contributed by atoms with Crippen LogP contribution < -0.4 is 4.74 Å². The van der Waals surface area contributed by atoms with Gasteiger partial charge in [0.15, 0.2) is 6.61 Å². The van der Waals surface area contributed by atoms with Crippen molar-refractivity contribution in [2.24, 2.45) is 0 Å². The number of thioether (sulfide) groups is 1. The molecule has 0 unspecified atom stereocenters. The fourth-order valence-corrected chi connectivity index (χ4v) is 4.59. The second kappa shape index (κ2) is 8.90. The maximum absolute atomic E-state index is 12.8. The number of aromatic nitrogens is 2. The zero-order valence-electron chi connectivity index (χ0n) is 18.0. The minimum Gasteiger partial charge on any atom is -0.482 e. The summed E-state index contributed by atoms with van der Waals surface area (Å²) in [5, 5.41) is 13.3. The molecular formula is C23H23F3N2O3S. The van der Waals surface area contributed by atoms with Gasteiger partial charge in [-0.15, -0.1) is 11.8 Å². The van der Waals surface area contributed by atoms with Gasteiger partial charge in [-0.2, -0.15) is 18.3 Å². The molecule has 9 heteroatoms. The van der Waals surface area contributed by atoms with E-state index >= 15 is 0 Å². The van der Waals surface area contributed by atoms with Crippen molar-refractivity contribution in [2.75, 3.05) is 6.61 Å². The molecule has 0 fully saturated rings. The Balaban J connectivity index is 1.81. The first kappa shape index (κ1) is 23.7. The molecule has 0 aliphatic carbocycles. The van der Waals surface area contributed by atoms with E-state index in [4.69, 9.17) is 9.84 Å². The van der Waals surface area contributed by atoms with Crippen LogP contribution in [0.4, 0.5) is 13.2 Å². The van der Waals surface area contributed by atoms with Crippen molar-refractivity contribution in [3.8, 4) is 11.4 Å². The summed E-state index contributed by atoms with van der Waals surface area (Å²) in [5.41, 5.74) is 2.40. The van der Waals surface area contributed by atoms with Crippen LogP contribution in [0.25, 0.3) is 5.69 Å². The minimum absolute atomic E-state index is 0.385. The van der Waals surface area contributed by atoms with Crippen molar-refractivity contribution in [3.63, 3.8) is 0 Å². The van der Waals surface area contributed by atoms with E-state index in [0.29, 0.717) is 11.4 Å². The van der Waals surface area contributed by atoms with Crippen LogP contribution >= 0.6 is 11.8 Å². The Morgan fingerprint density at radius 1 is 1.12 bits per heavy atom. The molecule has 0 spiro atoms. The van der Waals surface area contributed by atoms with Crippen LogP contribution in [0.5, 0.6) is 5.75 Å². The number of alkyl halides is 3. The predicted octanol–water partition coefficient (Wildman–Crippen LogP) is 6.00. The van der Waals surface area contributed by atoms with Crippen molar-refractivity contribution in [1.29, 1.82) is 0 Å². The summed E-state index contributed by atoms with van der Waals surface area (Å²) >= 11 is 1.60. The standard InChI is InChI=1S/C23H23F3N2O3S/c1-14-11-18(9-10-20(14)31-13-21(29)30)32-22(3,4)19-12-28(27-15(19)2)17-7-5-16(6-8-17)23(24,25)26/h5-12H,13H2,1-4H3,(H,29,30). The molecule has 0 saturated heterocycles. The highest BCUT2D eigenvalue weighted by atomic mass is 32.2. The number of aliphatic carboxylic acids is 1. The summed E-state index contributed by atoms with van der Waals surface area (Å²) in [4.78, 5) is 11.7. The van der Waals surface area contributed by atoms with Crippen LogP contribution in [-0.2, 0) is 15.7 Å². The number of benzene rings is 2. The Kier molecular flexibility index (Phi) is 6.59. The van der Waals surface area contributed by atoms with Crippen LogP contribution in [0.15, 0.2) is 53.6 Å². The number of carboxylic acid groups (broad SMARTS) is 1. The van der Waals surface area contributed by atoms with Gasteiger partial charge in [0.25, 0.3) is 0 Å². The van der Waals surface area contributed by atoms with Gasteiger partial charge in [0.1, 0.15) is 5.75 Å². The van der Waals surface area contributed by atoms with Crippen molar-refractivity contribution < 1.29 is 27.8 Å². The third-order valence-electron chi connectivity index (χ3n) is 4.88. The second-order valence-electron chi connectivity index (χ2n) is 7.84. The number of hydrogen-bond donors (Lipinski definition) is 1. The lowest BCUT2D eigenvalue weighted by atomic mass is 10.0. The van der Waals surface area contributed by atoms with Crippen molar-refractivity contribution in [3.05, 3.63) is 71.0 Å². The molecule has 1 N–H and O–H groups in total. The first-order valence-electron chi connectivity index (χ1n) is 9.75. The number of rotatable bonds is 7. The molecule has 1 heterocycles. The highest BCUT2D eigenvalue weighted by molar-refractivity contribution is 8.00. The maximum atomic E-state index is 12.8. The zero-order chi connectivity index (χ0) is 23.7. The fraction of sp³-hybridized carbons (Fsp3) is 0.304. The van der Waals surface area contributed by atoms with Gasteiger partial charge in [0.05, 0.1) is 16.9 Å². The van der Waals surface area contributed by atoms with Crippen molar-refractivity contribution >= 4 is 17.7 Å². The molecule has 0 aliphatic heterocycles. The molecule has 3 aromatic rings. The number of carbonyl (C=O) groups is 1. The Morgan fingerprint density at radius 2 is 1.78 bits per heavy atom. The lowest BCUT2D eigenvalue weighted by Gasteiger charge is -2.24. The average molecular weight is 465 g/mol. The number of aryl methyl sites for hydroxylation is 2. The molecule has 2 aromatic carbocycles. The molecule has 0 bridgehead atoms. The monoisotopic (exact) mass is 464 g/mol. The van der Waals surface area contributed by atoms with E-state index in [9.17, 15) is 18.0 Å². The number of carboxylic acids is 1. The van der Waals surface area contributed by atoms with E-state index in [2.05, 4.69) is 5.10 Å². The predicted molar refractivity (Wildman–Crippen MR) is 116 cm³/mol. The van der Waals surface area contributed by atoms with Gasteiger partial charge in [-0.05, 0) is 75.7 Å². The van der Waals surface area contributed by atoms with Gasteiger partial charge in [-0.25, -0.2) is 9.48 Å².